The summed E-state index contributed by atoms with van der Waals surface area (Å²) in [6.07, 6.45) is 1.59. The molecular formula is C16H12BrN3O3S2. The van der Waals surface area contributed by atoms with Gasteiger partial charge in [-0.05, 0) is 42.5 Å². The first kappa shape index (κ1) is 17.6. The number of amides is 1. The Kier molecular flexibility index (Phi) is 5.16. The third-order valence-corrected chi connectivity index (χ3v) is 5.77. The smallest absolute Gasteiger partial charge is 0.261 e. The number of benzene rings is 2. The summed E-state index contributed by atoms with van der Waals surface area (Å²) in [5.74, 6) is -0.361. The van der Waals surface area contributed by atoms with Gasteiger partial charge < -0.3 is 0 Å². The van der Waals surface area contributed by atoms with Gasteiger partial charge in [0, 0.05) is 27.3 Å². The van der Waals surface area contributed by atoms with Crippen molar-refractivity contribution in [3.8, 4) is 0 Å². The van der Waals surface area contributed by atoms with E-state index in [1.54, 1.807) is 41.9 Å². The third-order valence-electron chi connectivity index (χ3n) is 3.15. The van der Waals surface area contributed by atoms with E-state index < -0.39 is 10.0 Å². The quantitative estimate of drug-likeness (QED) is 0.631. The van der Waals surface area contributed by atoms with Crippen LogP contribution in [-0.2, 0) is 10.0 Å². The summed E-state index contributed by atoms with van der Waals surface area (Å²) in [6, 6.07) is 12.5. The van der Waals surface area contributed by atoms with Crippen LogP contribution >= 0.6 is 27.3 Å². The minimum atomic E-state index is -3.74. The molecule has 2 N–H and O–H groups in total. The number of hydrogen-bond donors (Lipinski definition) is 2. The topological polar surface area (TPSA) is 88.2 Å². The van der Waals surface area contributed by atoms with Crippen molar-refractivity contribution in [2.75, 3.05) is 10.0 Å². The second-order valence-electron chi connectivity index (χ2n) is 4.93. The standard InChI is InChI=1S/C16H12BrN3O3S2/c17-12-4-6-14(7-5-12)25(22,23)20-13-3-1-2-11(10-13)15(21)19-16-18-8-9-24-16/h1-10,20H,(H,18,19,21). The molecule has 1 aromatic heterocycles. The van der Waals surface area contributed by atoms with Gasteiger partial charge in [-0.15, -0.1) is 11.3 Å². The van der Waals surface area contributed by atoms with Crippen LogP contribution in [-0.4, -0.2) is 19.3 Å². The Balaban J connectivity index is 1.79. The Morgan fingerprint density at radius 1 is 1.12 bits per heavy atom. The van der Waals surface area contributed by atoms with Crippen molar-refractivity contribution in [3.05, 3.63) is 70.1 Å². The Bertz CT molecular complexity index is 988. The van der Waals surface area contributed by atoms with Gasteiger partial charge in [-0.25, -0.2) is 13.4 Å². The Morgan fingerprint density at radius 3 is 2.56 bits per heavy atom. The summed E-state index contributed by atoms with van der Waals surface area (Å²) >= 11 is 4.56. The van der Waals surface area contributed by atoms with E-state index in [1.807, 2.05) is 0 Å². The maximum absolute atomic E-state index is 12.4. The highest BCUT2D eigenvalue weighted by molar-refractivity contribution is 9.10. The van der Waals surface area contributed by atoms with E-state index >= 15 is 0 Å². The number of thiazole rings is 1. The van der Waals surface area contributed by atoms with Crippen molar-refractivity contribution in [1.82, 2.24) is 4.98 Å². The molecule has 2 aromatic carbocycles. The lowest BCUT2D eigenvalue weighted by Gasteiger charge is -2.09. The highest BCUT2D eigenvalue weighted by atomic mass is 79.9. The molecule has 0 aliphatic heterocycles. The highest BCUT2D eigenvalue weighted by Gasteiger charge is 2.15. The van der Waals surface area contributed by atoms with E-state index in [0.29, 0.717) is 16.4 Å². The van der Waals surface area contributed by atoms with Gasteiger partial charge in [0.05, 0.1) is 4.90 Å². The zero-order valence-electron chi connectivity index (χ0n) is 12.6. The fraction of sp³-hybridized carbons (Fsp3) is 0. The SMILES string of the molecule is O=C(Nc1nccs1)c1cccc(NS(=O)(=O)c2ccc(Br)cc2)c1. The molecule has 0 radical (unpaired) electrons. The van der Waals surface area contributed by atoms with E-state index in [1.165, 1.54) is 29.5 Å². The van der Waals surface area contributed by atoms with Gasteiger partial charge in [-0.2, -0.15) is 0 Å². The number of hydrogen-bond acceptors (Lipinski definition) is 5. The first-order chi connectivity index (χ1) is 11.9. The van der Waals surface area contributed by atoms with Crippen LogP contribution in [0.15, 0.2) is 69.5 Å². The molecule has 3 aromatic rings. The average Bonchev–Trinajstić information content (AvgIpc) is 3.08. The van der Waals surface area contributed by atoms with E-state index in [2.05, 4.69) is 31.0 Å². The number of carbonyl (C=O) groups is 1. The Hall–Kier alpha value is -2.23. The van der Waals surface area contributed by atoms with Crippen molar-refractivity contribution in [3.63, 3.8) is 0 Å². The maximum Gasteiger partial charge on any atom is 0.261 e. The molecule has 9 heteroatoms. The fourth-order valence-corrected chi connectivity index (χ4v) is 3.84. The first-order valence-corrected chi connectivity index (χ1v) is 10.2. The number of nitrogens with one attached hydrogen (secondary N) is 2. The van der Waals surface area contributed by atoms with Crippen molar-refractivity contribution < 1.29 is 13.2 Å². The predicted octanol–water partition coefficient (Wildman–Crippen LogP) is 3.96. The number of anilines is 2. The molecule has 0 spiro atoms. The van der Waals surface area contributed by atoms with Gasteiger partial charge >= 0.3 is 0 Å². The Morgan fingerprint density at radius 2 is 1.88 bits per heavy atom. The van der Waals surface area contributed by atoms with E-state index in [9.17, 15) is 13.2 Å². The normalized spacial score (nSPS) is 11.1. The van der Waals surface area contributed by atoms with Crippen LogP contribution in [0.3, 0.4) is 0 Å². The summed E-state index contributed by atoms with van der Waals surface area (Å²) in [6.45, 7) is 0. The fourth-order valence-electron chi connectivity index (χ4n) is 2.01. The first-order valence-electron chi connectivity index (χ1n) is 7.03. The van der Waals surface area contributed by atoms with Gasteiger partial charge in [-0.3, -0.25) is 14.8 Å². The van der Waals surface area contributed by atoms with Crippen LogP contribution < -0.4 is 10.0 Å². The van der Waals surface area contributed by atoms with Crippen molar-refractivity contribution in [2.45, 2.75) is 4.90 Å². The molecule has 1 heterocycles. The van der Waals surface area contributed by atoms with Gasteiger partial charge in [0.1, 0.15) is 0 Å². The second-order valence-corrected chi connectivity index (χ2v) is 8.42. The second kappa shape index (κ2) is 7.34. The zero-order valence-corrected chi connectivity index (χ0v) is 15.9. The zero-order chi connectivity index (χ0) is 17.9. The number of sulfonamides is 1. The lowest BCUT2D eigenvalue weighted by molar-refractivity contribution is 0.102. The number of halogens is 1. The number of carbonyl (C=O) groups excluding carboxylic acids is 1. The third kappa shape index (κ3) is 4.44. The molecule has 1 amide bonds. The minimum absolute atomic E-state index is 0.133. The molecule has 3 rings (SSSR count). The summed E-state index contributed by atoms with van der Waals surface area (Å²) in [7, 11) is -3.74. The predicted molar refractivity (Wildman–Crippen MR) is 101 cm³/mol. The summed E-state index contributed by atoms with van der Waals surface area (Å²) < 4.78 is 28.1. The van der Waals surface area contributed by atoms with Crippen LogP contribution in [0.2, 0.25) is 0 Å². The van der Waals surface area contributed by atoms with E-state index in [-0.39, 0.29) is 10.8 Å². The molecule has 25 heavy (non-hydrogen) atoms. The molecule has 0 aliphatic rings. The van der Waals surface area contributed by atoms with E-state index in [4.69, 9.17) is 0 Å². The molecular weight excluding hydrogens is 426 g/mol. The molecule has 0 saturated heterocycles. The largest absolute Gasteiger partial charge is 0.298 e. The molecule has 0 aliphatic carbocycles. The molecule has 0 saturated carbocycles. The monoisotopic (exact) mass is 437 g/mol. The molecule has 0 atom stereocenters. The average molecular weight is 438 g/mol. The molecule has 0 bridgehead atoms. The number of rotatable bonds is 5. The van der Waals surface area contributed by atoms with Gasteiger partial charge in [0.2, 0.25) is 0 Å². The van der Waals surface area contributed by atoms with Gasteiger partial charge in [0.15, 0.2) is 5.13 Å². The molecule has 6 nitrogen and oxygen atoms in total. The molecule has 128 valence electrons. The highest BCUT2D eigenvalue weighted by Crippen LogP contribution is 2.20. The summed E-state index contributed by atoms with van der Waals surface area (Å²) in [5, 5.41) is 4.88. The van der Waals surface area contributed by atoms with Crippen LogP contribution in [0.4, 0.5) is 10.8 Å². The van der Waals surface area contributed by atoms with Gasteiger partial charge in [-0.1, -0.05) is 22.0 Å². The number of nitrogens with zero attached hydrogens (tertiary/aromatic N) is 1. The maximum atomic E-state index is 12.4. The lowest BCUT2D eigenvalue weighted by Crippen LogP contribution is -2.15. The molecule has 0 unspecified atom stereocenters. The van der Waals surface area contributed by atoms with Crippen molar-refractivity contribution in [2.24, 2.45) is 0 Å². The van der Waals surface area contributed by atoms with Gasteiger partial charge in [0.25, 0.3) is 15.9 Å². The van der Waals surface area contributed by atoms with Crippen molar-refractivity contribution >= 4 is 54.0 Å². The van der Waals surface area contributed by atoms with Crippen LogP contribution in [0.25, 0.3) is 0 Å². The summed E-state index contributed by atoms with van der Waals surface area (Å²) in [5.41, 5.74) is 0.626. The Labute approximate surface area is 157 Å². The van der Waals surface area contributed by atoms with Crippen molar-refractivity contribution in [1.29, 1.82) is 0 Å². The van der Waals surface area contributed by atoms with Crippen LogP contribution in [0.1, 0.15) is 10.4 Å². The lowest BCUT2D eigenvalue weighted by atomic mass is 10.2. The summed E-state index contributed by atoms with van der Waals surface area (Å²) in [4.78, 5) is 16.3. The van der Waals surface area contributed by atoms with E-state index in [0.717, 1.165) is 4.47 Å². The van der Waals surface area contributed by atoms with Crippen LogP contribution in [0.5, 0.6) is 0 Å². The minimum Gasteiger partial charge on any atom is -0.298 e. The molecule has 0 fully saturated rings. The van der Waals surface area contributed by atoms with Crippen LogP contribution in [0, 0.1) is 0 Å². The number of aromatic nitrogens is 1.